The highest BCUT2D eigenvalue weighted by Gasteiger charge is 2.19. The van der Waals surface area contributed by atoms with E-state index in [4.69, 9.17) is 15.0 Å². The van der Waals surface area contributed by atoms with Crippen LogP contribution < -0.4 is 0 Å². The normalized spacial score (nSPS) is 11.8. The van der Waals surface area contributed by atoms with Crippen LogP contribution in [0.5, 0.6) is 0 Å². The number of rotatable bonds is 5. The summed E-state index contributed by atoms with van der Waals surface area (Å²) in [5, 5.41) is 7.38. The van der Waals surface area contributed by atoms with E-state index in [1.807, 2.05) is 36.4 Å². The molecule has 0 radical (unpaired) electrons. The van der Waals surface area contributed by atoms with Crippen LogP contribution in [0.2, 0.25) is 0 Å². The van der Waals surface area contributed by atoms with Crippen LogP contribution in [0.1, 0.15) is 0 Å². The molecule has 0 fully saturated rings. The number of aromatic nitrogens is 4. The second-order valence-corrected chi connectivity index (χ2v) is 13.0. The molecule has 4 heterocycles. The smallest absolute Gasteiger partial charge is 0.164 e. The van der Waals surface area contributed by atoms with Crippen molar-refractivity contribution in [1.82, 2.24) is 19.4 Å². The van der Waals surface area contributed by atoms with Crippen molar-refractivity contribution in [3.8, 4) is 56.4 Å². The summed E-state index contributed by atoms with van der Waals surface area (Å²) in [5.74, 6) is 1.96. The van der Waals surface area contributed by atoms with Crippen LogP contribution in [0.4, 0.5) is 0 Å². The molecule has 0 aliphatic rings. The minimum absolute atomic E-state index is 0.651. The maximum absolute atomic E-state index is 5.00. The SMILES string of the molecule is c1ccc(-c2ccc(-c3nc(-c4ccccc4)nc(-c4ccc(-c5cc6c7ccccc7n7c8sccc8c(c5)c67)cc4)n3)cc2)cc1. The maximum atomic E-state index is 5.00. The lowest BCUT2D eigenvalue weighted by Crippen LogP contribution is -2.00. The second kappa shape index (κ2) is 10.7. The molecule has 6 aromatic carbocycles. The number of benzene rings is 6. The van der Waals surface area contributed by atoms with Crippen LogP contribution in [-0.4, -0.2) is 19.4 Å². The minimum Gasteiger partial charge on any atom is -0.300 e. The van der Waals surface area contributed by atoms with Gasteiger partial charge in [-0.05, 0) is 51.9 Å². The first-order chi connectivity index (χ1) is 23.8. The second-order valence-electron chi connectivity index (χ2n) is 12.1. The van der Waals surface area contributed by atoms with Crippen LogP contribution in [0.25, 0.3) is 93.8 Å². The van der Waals surface area contributed by atoms with Gasteiger partial charge in [-0.3, -0.25) is 4.40 Å². The van der Waals surface area contributed by atoms with Gasteiger partial charge in [-0.15, -0.1) is 11.3 Å². The monoisotopic (exact) mass is 630 g/mol. The Kier molecular flexibility index (Phi) is 6.01. The summed E-state index contributed by atoms with van der Waals surface area (Å²) in [5.41, 5.74) is 10.1. The summed E-state index contributed by atoms with van der Waals surface area (Å²) < 4.78 is 2.44. The van der Waals surface area contributed by atoms with E-state index in [0.717, 1.165) is 27.8 Å². The predicted molar refractivity (Wildman–Crippen MR) is 200 cm³/mol. The molecule has 5 heteroatoms. The van der Waals surface area contributed by atoms with Gasteiger partial charge < -0.3 is 0 Å². The van der Waals surface area contributed by atoms with Crippen molar-refractivity contribution in [2.75, 3.05) is 0 Å². The molecule has 0 spiro atoms. The van der Waals surface area contributed by atoms with Gasteiger partial charge in [0.25, 0.3) is 0 Å². The van der Waals surface area contributed by atoms with E-state index in [1.54, 1.807) is 11.3 Å². The Morgan fingerprint density at radius 2 is 0.833 bits per heavy atom. The largest absolute Gasteiger partial charge is 0.300 e. The molecule has 48 heavy (non-hydrogen) atoms. The average Bonchev–Trinajstić information content (AvgIpc) is 3.86. The molecule has 0 unspecified atom stereocenters. The number of hydrogen-bond acceptors (Lipinski definition) is 4. The Balaban J connectivity index is 1.07. The molecule has 10 rings (SSSR count). The molecular weight excluding hydrogens is 605 g/mol. The van der Waals surface area contributed by atoms with Gasteiger partial charge >= 0.3 is 0 Å². The highest BCUT2D eigenvalue weighted by atomic mass is 32.1. The van der Waals surface area contributed by atoms with Crippen LogP contribution in [0.15, 0.2) is 157 Å². The lowest BCUT2D eigenvalue weighted by molar-refractivity contribution is 1.07. The van der Waals surface area contributed by atoms with Gasteiger partial charge in [-0.2, -0.15) is 0 Å². The quantitative estimate of drug-likeness (QED) is 0.190. The van der Waals surface area contributed by atoms with Gasteiger partial charge in [0.2, 0.25) is 0 Å². The number of para-hydroxylation sites is 1. The van der Waals surface area contributed by atoms with E-state index in [2.05, 4.69) is 125 Å². The zero-order chi connectivity index (χ0) is 31.6. The molecule has 0 saturated heterocycles. The van der Waals surface area contributed by atoms with Crippen molar-refractivity contribution in [2.24, 2.45) is 0 Å². The lowest BCUT2D eigenvalue weighted by atomic mass is 9.99. The summed E-state index contributed by atoms with van der Waals surface area (Å²) in [6, 6.07) is 53.3. The van der Waals surface area contributed by atoms with E-state index in [0.29, 0.717) is 17.5 Å². The van der Waals surface area contributed by atoms with E-state index in [9.17, 15) is 0 Å². The molecule has 0 aliphatic carbocycles. The summed E-state index contributed by atoms with van der Waals surface area (Å²) in [6.45, 7) is 0. The number of fused-ring (bicyclic) bond motifs is 6. The molecule has 0 saturated carbocycles. The zero-order valence-corrected chi connectivity index (χ0v) is 26.5. The molecular formula is C43H26N4S. The first kappa shape index (κ1) is 27.0. The molecule has 4 nitrogen and oxygen atoms in total. The van der Waals surface area contributed by atoms with Gasteiger partial charge in [0.1, 0.15) is 4.83 Å². The molecule has 0 N–H and O–H groups in total. The van der Waals surface area contributed by atoms with Gasteiger partial charge in [-0.1, -0.05) is 127 Å². The fourth-order valence-electron chi connectivity index (χ4n) is 6.96. The van der Waals surface area contributed by atoms with Crippen molar-refractivity contribution in [2.45, 2.75) is 0 Å². The van der Waals surface area contributed by atoms with Crippen molar-refractivity contribution < 1.29 is 0 Å². The Labute approximate surface area is 280 Å². The van der Waals surface area contributed by atoms with Crippen LogP contribution in [-0.2, 0) is 0 Å². The zero-order valence-electron chi connectivity index (χ0n) is 25.7. The third-order valence-electron chi connectivity index (χ3n) is 9.30. The van der Waals surface area contributed by atoms with E-state index in [1.165, 1.54) is 48.5 Å². The van der Waals surface area contributed by atoms with E-state index < -0.39 is 0 Å². The van der Waals surface area contributed by atoms with Gasteiger partial charge in [-0.25, -0.2) is 15.0 Å². The predicted octanol–water partition coefficient (Wildman–Crippen LogP) is 11.4. The number of thiophene rings is 1. The Hall–Kier alpha value is -6.17. The minimum atomic E-state index is 0.651. The topological polar surface area (TPSA) is 43.1 Å². The Morgan fingerprint density at radius 3 is 1.46 bits per heavy atom. The van der Waals surface area contributed by atoms with Gasteiger partial charge in [0, 0.05) is 38.2 Å². The fourth-order valence-corrected chi connectivity index (χ4v) is 7.90. The average molecular weight is 631 g/mol. The summed E-state index contributed by atoms with van der Waals surface area (Å²) in [4.78, 5) is 16.2. The van der Waals surface area contributed by atoms with Crippen LogP contribution in [0.3, 0.4) is 0 Å². The van der Waals surface area contributed by atoms with Gasteiger partial charge in [0.15, 0.2) is 17.5 Å². The fraction of sp³-hybridized carbons (Fsp3) is 0. The lowest BCUT2D eigenvalue weighted by Gasteiger charge is -2.10. The summed E-state index contributed by atoms with van der Waals surface area (Å²) in [7, 11) is 0. The molecule has 0 amide bonds. The first-order valence-electron chi connectivity index (χ1n) is 16.0. The molecule has 0 bridgehead atoms. The van der Waals surface area contributed by atoms with Crippen molar-refractivity contribution in [3.63, 3.8) is 0 Å². The Morgan fingerprint density at radius 1 is 0.375 bits per heavy atom. The summed E-state index contributed by atoms with van der Waals surface area (Å²) >= 11 is 1.80. The highest BCUT2D eigenvalue weighted by molar-refractivity contribution is 7.17. The third-order valence-corrected chi connectivity index (χ3v) is 10.2. The number of nitrogens with zero attached hydrogens (tertiary/aromatic N) is 4. The van der Waals surface area contributed by atoms with Crippen LogP contribution >= 0.6 is 11.3 Å². The van der Waals surface area contributed by atoms with Gasteiger partial charge in [0.05, 0.1) is 11.0 Å². The molecule has 224 valence electrons. The van der Waals surface area contributed by atoms with E-state index in [-0.39, 0.29) is 0 Å². The maximum Gasteiger partial charge on any atom is 0.164 e. The molecule has 0 aliphatic heterocycles. The van der Waals surface area contributed by atoms with Crippen molar-refractivity contribution in [1.29, 1.82) is 0 Å². The summed E-state index contributed by atoms with van der Waals surface area (Å²) in [6.07, 6.45) is 0. The van der Waals surface area contributed by atoms with E-state index >= 15 is 0 Å². The number of hydrogen-bond donors (Lipinski definition) is 0. The highest BCUT2D eigenvalue weighted by Crippen LogP contribution is 2.43. The van der Waals surface area contributed by atoms with Crippen molar-refractivity contribution in [3.05, 3.63) is 157 Å². The third kappa shape index (κ3) is 4.25. The Bertz CT molecular complexity index is 2750. The molecule has 0 atom stereocenters. The standard InChI is InChI=1S/C43H26N4S/c1-3-9-27(10-4-1)28-15-19-31(20-16-28)41-44-40(30-11-5-2-6-12-30)45-42(46-41)32-21-17-29(18-22-32)33-25-36-34-13-7-8-14-38(34)47-39(36)37(26-33)35-23-24-48-43(35)47/h1-26H. The first-order valence-corrected chi connectivity index (χ1v) is 16.9. The molecule has 4 aromatic heterocycles. The van der Waals surface area contributed by atoms with Crippen LogP contribution in [0, 0.1) is 0 Å². The molecule has 10 aromatic rings. The van der Waals surface area contributed by atoms with Crippen molar-refractivity contribution >= 4 is 48.7 Å².